The number of ether oxygens (including phenoxy) is 5. The number of amides is 1. The van der Waals surface area contributed by atoms with Crippen molar-refractivity contribution in [2.45, 2.75) is 199 Å². The molecule has 4 aliphatic heterocycles. The van der Waals surface area contributed by atoms with Gasteiger partial charge in [0.05, 0.1) is 30.5 Å². The number of Topliss-reactive ketones (excluding diaryl/α,β-unsaturated/α-hetero) is 3. The Morgan fingerprint density at radius 2 is 1.55 bits per heavy atom. The van der Waals surface area contributed by atoms with Gasteiger partial charge in [0, 0.05) is 76.8 Å². The van der Waals surface area contributed by atoms with Crippen LogP contribution in [-0.4, -0.2) is 154 Å². The molecule has 15 atom stereocenters. The zero-order valence-electron chi connectivity index (χ0n) is 46.6. The lowest BCUT2D eigenvalue weighted by atomic mass is 9.78. The van der Waals surface area contributed by atoms with Gasteiger partial charge >= 0.3 is 5.97 Å². The van der Waals surface area contributed by atoms with Gasteiger partial charge in [-0.1, -0.05) is 71.1 Å². The van der Waals surface area contributed by atoms with E-state index in [-0.39, 0.29) is 60.9 Å². The third-order valence-electron chi connectivity index (χ3n) is 16.8. The van der Waals surface area contributed by atoms with E-state index >= 15 is 0 Å². The Bertz CT molecular complexity index is 2230. The maximum atomic E-state index is 14.6. The SMILES string of the molecule is CO[C@@H]1C[C@H](C[C@@H](C)[C@@H]2CC(=O)[C@H](C)/C=C(\C)[C@@H](O)[C@@H](OC)C(=O)[C@H](C)C[C@H](C)/C=C/C=C/C=C(\C)C(OC3CCN(c4ncccn4)CC3)C[C@@H]3CC[C@@H](C)[C@@](O)(O3)C(=O)C(=O)N3CCCC[C@H]3C(=O)O2)CC[C@H]1O. The topological polar surface area (TPSA) is 224 Å². The molecule has 4 fully saturated rings. The predicted molar refractivity (Wildman–Crippen MR) is 286 cm³/mol. The molecule has 0 radical (unpaired) electrons. The molecule has 422 valence electrons. The van der Waals surface area contributed by atoms with Gasteiger partial charge in [0.1, 0.15) is 30.1 Å². The van der Waals surface area contributed by atoms with E-state index in [1.165, 1.54) is 12.0 Å². The van der Waals surface area contributed by atoms with Crippen molar-refractivity contribution in [3.8, 4) is 0 Å². The number of nitrogens with zero attached hydrogens (tertiary/aromatic N) is 4. The minimum atomic E-state index is -2.48. The first-order valence-electron chi connectivity index (χ1n) is 28.1. The number of piperidine rings is 2. The molecule has 1 saturated carbocycles. The number of fused-ring (bicyclic) bond motifs is 3. The van der Waals surface area contributed by atoms with Gasteiger partial charge in [-0.15, -0.1) is 0 Å². The molecule has 0 spiro atoms. The predicted octanol–water partition coefficient (Wildman–Crippen LogP) is 7.01. The van der Waals surface area contributed by atoms with Crippen LogP contribution >= 0.6 is 0 Å². The Morgan fingerprint density at radius 1 is 0.829 bits per heavy atom. The summed E-state index contributed by atoms with van der Waals surface area (Å²) in [6.07, 6.45) is 15.8. The van der Waals surface area contributed by atoms with Crippen LogP contribution < -0.4 is 4.90 Å². The number of allylic oxidation sites excluding steroid dienone is 6. The maximum Gasteiger partial charge on any atom is 0.329 e. The first kappa shape index (κ1) is 60.7. The second kappa shape index (κ2) is 28.4. The van der Waals surface area contributed by atoms with Crippen LogP contribution in [0.4, 0.5) is 5.95 Å². The highest BCUT2D eigenvalue weighted by molar-refractivity contribution is 6.39. The van der Waals surface area contributed by atoms with Gasteiger partial charge in [0.2, 0.25) is 11.7 Å². The van der Waals surface area contributed by atoms with Crippen LogP contribution in [0, 0.1) is 35.5 Å². The van der Waals surface area contributed by atoms with E-state index in [0.29, 0.717) is 102 Å². The second-order valence-corrected chi connectivity index (χ2v) is 22.7. The highest BCUT2D eigenvalue weighted by Crippen LogP contribution is 2.38. The summed E-state index contributed by atoms with van der Waals surface area (Å²) < 4.78 is 30.8. The quantitative estimate of drug-likeness (QED) is 0.135. The van der Waals surface area contributed by atoms with Gasteiger partial charge in [-0.25, -0.2) is 14.8 Å². The van der Waals surface area contributed by atoms with Gasteiger partial charge in [-0.05, 0) is 126 Å². The molecule has 0 aromatic carbocycles. The zero-order valence-corrected chi connectivity index (χ0v) is 46.6. The van der Waals surface area contributed by atoms with E-state index in [2.05, 4.69) is 14.9 Å². The standard InChI is InChI=1S/C59H88N4O13/c1-36-16-11-10-12-17-37(2)49(74-44-23-28-62(29-24-44)58-60-25-15-26-61-58)34-45-21-19-42(7)59(71,76-45)55(68)56(69)63-27-14-13-18-46(63)57(70)75-50(39(4)32-43-20-22-47(64)51(33-43)72-8)35-48(65)38(3)31-41(6)53(67)54(73-9)52(66)40(5)30-36/h10-12,15-17,25-26,31,36,38-40,42-47,49-51,53-54,64,67,71H,13-14,18-24,27-30,32-35H2,1-9H3/b12-10+,16-11+,37-17+,41-31+/t36-,38-,39-,40-,42-,43+,45+,46+,47-,49?,50+,51-,53-,54+,59-/m1/s1. The number of hydrogen-bond acceptors (Lipinski definition) is 16. The van der Waals surface area contributed by atoms with Crippen LogP contribution in [0.15, 0.2) is 66.1 Å². The number of methoxy groups -OCH3 is 2. The van der Waals surface area contributed by atoms with Crippen molar-refractivity contribution in [1.82, 2.24) is 14.9 Å². The Kier molecular flexibility index (Phi) is 22.7. The molecule has 3 N–H and O–H groups in total. The summed E-state index contributed by atoms with van der Waals surface area (Å²) in [5, 5.41) is 34.4. The molecule has 5 heterocycles. The molecule has 17 heteroatoms. The third-order valence-corrected chi connectivity index (χ3v) is 16.8. The van der Waals surface area contributed by atoms with Crippen LogP contribution in [0.1, 0.15) is 138 Å². The first-order chi connectivity index (χ1) is 36.2. The Morgan fingerprint density at radius 3 is 2.25 bits per heavy atom. The van der Waals surface area contributed by atoms with Gasteiger partial charge in [0.25, 0.3) is 11.7 Å². The molecule has 2 bridgehead atoms. The molecule has 6 rings (SSSR count). The first-order valence-corrected chi connectivity index (χ1v) is 28.1. The van der Waals surface area contributed by atoms with Gasteiger partial charge in [0.15, 0.2) is 5.78 Å². The number of aromatic nitrogens is 2. The van der Waals surface area contributed by atoms with Gasteiger partial charge in [-0.3, -0.25) is 19.2 Å². The molecule has 17 nitrogen and oxygen atoms in total. The number of aliphatic hydroxyl groups excluding tert-OH is 2. The smallest absolute Gasteiger partial charge is 0.329 e. The van der Waals surface area contributed by atoms with E-state index in [1.54, 1.807) is 52.4 Å². The molecule has 1 aromatic heterocycles. The van der Waals surface area contributed by atoms with Crippen molar-refractivity contribution in [1.29, 1.82) is 0 Å². The Hall–Kier alpha value is -4.49. The van der Waals surface area contributed by atoms with Crippen molar-refractivity contribution in [2.75, 3.05) is 38.8 Å². The van der Waals surface area contributed by atoms with E-state index < -0.39 is 83.9 Å². The zero-order chi connectivity index (χ0) is 55.3. The van der Waals surface area contributed by atoms with E-state index in [1.807, 2.05) is 58.1 Å². The number of cyclic esters (lactones) is 1. The van der Waals surface area contributed by atoms with E-state index in [4.69, 9.17) is 23.7 Å². The molecule has 1 unspecified atom stereocenters. The number of aliphatic hydroxyl groups is 3. The van der Waals surface area contributed by atoms with E-state index in [9.17, 15) is 39.3 Å². The fourth-order valence-electron chi connectivity index (χ4n) is 11.9. The fraction of sp³-hybridized carbons (Fsp3) is 0.712. The lowest BCUT2D eigenvalue weighted by Crippen LogP contribution is -2.61. The molecular weight excluding hydrogens is 973 g/mol. The minimum absolute atomic E-state index is 0.00707. The summed E-state index contributed by atoms with van der Waals surface area (Å²) in [6, 6.07) is 0.622. The number of carbonyl (C=O) groups excluding carboxylic acids is 5. The molecule has 1 amide bonds. The monoisotopic (exact) mass is 1060 g/mol. The Balaban J connectivity index is 1.30. The summed E-state index contributed by atoms with van der Waals surface area (Å²) in [6.45, 7) is 14.2. The van der Waals surface area contributed by atoms with Crippen LogP contribution in [-0.2, 0) is 47.7 Å². The number of rotatable bonds is 8. The molecule has 3 saturated heterocycles. The minimum Gasteiger partial charge on any atom is -0.460 e. The summed E-state index contributed by atoms with van der Waals surface area (Å²) in [4.78, 5) is 84.0. The van der Waals surface area contributed by atoms with Gasteiger partial charge < -0.3 is 48.8 Å². The van der Waals surface area contributed by atoms with Crippen molar-refractivity contribution in [3.63, 3.8) is 0 Å². The van der Waals surface area contributed by atoms with Crippen molar-refractivity contribution in [3.05, 3.63) is 66.1 Å². The summed E-state index contributed by atoms with van der Waals surface area (Å²) in [5.41, 5.74) is 1.28. The summed E-state index contributed by atoms with van der Waals surface area (Å²) >= 11 is 0. The summed E-state index contributed by atoms with van der Waals surface area (Å²) in [5.74, 6) is -7.49. The second-order valence-electron chi connectivity index (χ2n) is 22.7. The molecule has 5 aliphatic rings. The highest BCUT2D eigenvalue weighted by Gasteiger charge is 2.53. The highest BCUT2D eigenvalue weighted by atomic mass is 16.6. The van der Waals surface area contributed by atoms with Crippen LogP contribution in [0.3, 0.4) is 0 Å². The van der Waals surface area contributed by atoms with Crippen molar-refractivity contribution < 1.29 is 63.0 Å². The van der Waals surface area contributed by atoms with Crippen molar-refractivity contribution in [2.24, 2.45) is 35.5 Å². The van der Waals surface area contributed by atoms with Gasteiger partial charge in [-0.2, -0.15) is 0 Å². The molecule has 1 aromatic rings. The number of esters is 1. The number of carbonyl (C=O) groups is 5. The molecule has 76 heavy (non-hydrogen) atoms. The fourth-order valence-corrected chi connectivity index (χ4v) is 11.9. The Labute approximate surface area is 450 Å². The van der Waals surface area contributed by atoms with Crippen molar-refractivity contribution >= 4 is 35.2 Å². The molecular formula is C59H88N4O13. The van der Waals surface area contributed by atoms with Crippen LogP contribution in [0.2, 0.25) is 0 Å². The van der Waals surface area contributed by atoms with Crippen LogP contribution in [0.5, 0.6) is 0 Å². The number of ketones is 3. The largest absolute Gasteiger partial charge is 0.460 e. The normalized spacial score (nSPS) is 37.7. The van der Waals surface area contributed by atoms with Crippen LogP contribution in [0.25, 0.3) is 0 Å². The number of anilines is 1. The summed E-state index contributed by atoms with van der Waals surface area (Å²) in [7, 11) is 2.95. The lowest BCUT2D eigenvalue weighted by Gasteiger charge is -2.43. The average molecular weight is 1060 g/mol. The molecule has 1 aliphatic carbocycles. The van der Waals surface area contributed by atoms with E-state index in [0.717, 1.165) is 5.57 Å². The average Bonchev–Trinajstić information content (AvgIpc) is 3.42. The number of hydrogen-bond donors (Lipinski definition) is 3. The lowest BCUT2D eigenvalue weighted by molar-refractivity contribution is -0.266. The third kappa shape index (κ3) is 15.8. The maximum absolute atomic E-state index is 14.6.